The molecule has 132 valence electrons. The van der Waals surface area contributed by atoms with Crippen molar-refractivity contribution in [1.82, 2.24) is 0 Å². The quantitative estimate of drug-likeness (QED) is 0.322. The lowest BCUT2D eigenvalue weighted by atomic mass is 10.2. The average molecular weight is 316 g/mol. The summed E-state index contributed by atoms with van der Waals surface area (Å²) in [6.45, 7) is 4.64. The van der Waals surface area contributed by atoms with Gasteiger partial charge in [-0.05, 0) is 32.1 Å². The van der Waals surface area contributed by atoms with Gasteiger partial charge in [0.1, 0.15) is 0 Å². The molecular formula is C18H36O4. The molecular weight excluding hydrogens is 280 g/mol. The van der Waals surface area contributed by atoms with Crippen LogP contribution < -0.4 is 0 Å². The summed E-state index contributed by atoms with van der Waals surface area (Å²) < 4.78 is 10.7. The maximum Gasteiger partial charge on any atom is 0.305 e. The van der Waals surface area contributed by atoms with Crippen molar-refractivity contribution in [1.29, 1.82) is 0 Å². The van der Waals surface area contributed by atoms with E-state index in [9.17, 15) is 4.79 Å². The van der Waals surface area contributed by atoms with E-state index in [4.69, 9.17) is 14.6 Å². The first kappa shape index (κ1) is 21.4. The molecule has 0 aromatic heterocycles. The largest absolute Gasteiger partial charge is 0.466 e. The van der Waals surface area contributed by atoms with Crippen LogP contribution in [0.3, 0.4) is 0 Å². The van der Waals surface area contributed by atoms with Gasteiger partial charge in [-0.25, -0.2) is 0 Å². The van der Waals surface area contributed by atoms with E-state index in [-0.39, 0.29) is 5.97 Å². The molecule has 0 fully saturated rings. The van der Waals surface area contributed by atoms with Gasteiger partial charge < -0.3 is 14.6 Å². The van der Waals surface area contributed by atoms with Crippen LogP contribution in [0.1, 0.15) is 84.0 Å². The molecule has 4 nitrogen and oxygen atoms in total. The molecule has 0 atom stereocenters. The number of esters is 1. The van der Waals surface area contributed by atoms with E-state index in [0.717, 1.165) is 71.0 Å². The van der Waals surface area contributed by atoms with Crippen molar-refractivity contribution >= 4 is 5.97 Å². The Balaban J connectivity index is 3.10. The zero-order valence-corrected chi connectivity index (χ0v) is 14.5. The second-order valence-corrected chi connectivity index (χ2v) is 5.84. The van der Waals surface area contributed by atoms with Crippen molar-refractivity contribution in [2.75, 3.05) is 26.4 Å². The average Bonchev–Trinajstić information content (AvgIpc) is 2.52. The lowest BCUT2D eigenvalue weighted by Gasteiger charge is -2.05. The van der Waals surface area contributed by atoms with E-state index in [1.807, 2.05) is 0 Å². The highest BCUT2D eigenvalue weighted by molar-refractivity contribution is 5.69. The van der Waals surface area contributed by atoms with E-state index >= 15 is 0 Å². The number of unbranched alkanes of at least 4 members (excludes halogenated alkanes) is 8. The second kappa shape index (κ2) is 18.4. The molecule has 0 heterocycles. The minimum absolute atomic E-state index is 0.0544. The van der Waals surface area contributed by atoms with Gasteiger partial charge in [-0.1, -0.05) is 45.4 Å². The van der Waals surface area contributed by atoms with E-state index in [2.05, 4.69) is 6.92 Å². The van der Waals surface area contributed by atoms with Crippen molar-refractivity contribution in [2.24, 2.45) is 0 Å². The highest BCUT2D eigenvalue weighted by Gasteiger charge is 2.02. The first-order chi connectivity index (χ1) is 10.8. The molecule has 0 aliphatic rings. The molecule has 0 saturated carbocycles. The summed E-state index contributed by atoms with van der Waals surface area (Å²) in [5.74, 6) is -0.0544. The number of carbonyl (C=O) groups excluding carboxylic acids is 1. The van der Waals surface area contributed by atoms with Gasteiger partial charge in [0.25, 0.3) is 0 Å². The number of aliphatic hydroxyl groups excluding tert-OH is 1. The lowest BCUT2D eigenvalue weighted by Crippen LogP contribution is -2.06. The smallest absolute Gasteiger partial charge is 0.305 e. The third-order valence-corrected chi connectivity index (χ3v) is 3.63. The van der Waals surface area contributed by atoms with Gasteiger partial charge in [0.2, 0.25) is 0 Å². The molecule has 0 spiro atoms. The van der Waals surface area contributed by atoms with Crippen LogP contribution >= 0.6 is 0 Å². The van der Waals surface area contributed by atoms with Gasteiger partial charge in [-0.15, -0.1) is 0 Å². The zero-order chi connectivity index (χ0) is 16.3. The molecule has 0 aliphatic heterocycles. The maximum atomic E-state index is 11.5. The monoisotopic (exact) mass is 316 g/mol. The van der Waals surface area contributed by atoms with Crippen LogP contribution in [0.5, 0.6) is 0 Å². The van der Waals surface area contributed by atoms with Crippen molar-refractivity contribution in [2.45, 2.75) is 84.0 Å². The summed E-state index contributed by atoms with van der Waals surface area (Å²) in [7, 11) is 0. The van der Waals surface area contributed by atoms with Crippen LogP contribution in [0.4, 0.5) is 0 Å². The highest BCUT2D eigenvalue weighted by atomic mass is 16.5. The summed E-state index contributed by atoms with van der Waals surface area (Å²) in [6.07, 6.45) is 12.2. The fourth-order valence-corrected chi connectivity index (χ4v) is 2.21. The van der Waals surface area contributed by atoms with Crippen molar-refractivity contribution in [3.05, 3.63) is 0 Å². The normalized spacial score (nSPS) is 10.8. The minimum atomic E-state index is -0.0544. The Kier molecular flexibility index (Phi) is 17.9. The van der Waals surface area contributed by atoms with E-state index in [1.54, 1.807) is 0 Å². The summed E-state index contributed by atoms with van der Waals surface area (Å²) in [6, 6.07) is 0. The predicted molar refractivity (Wildman–Crippen MR) is 89.9 cm³/mol. The van der Waals surface area contributed by atoms with Gasteiger partial charge >= 0.3 is 5.97 Å². The molecule has 0 aromatic carbocycles. The third-order valence-electron chi connectivity index (χ3n) is 3.63. The first-order valence-corrected chi connectivity index (χ1v) is 9.15. The van der Waals surface area contributed by atoms with Gasteiger partial charge in [0.15, 0.2) is 0 Å². The second-order valence-electron chi connectivity index (χ2n) is 5.84. The number of rotatable bonds is 17. The Hall–Kier alpha value is -0.610. The van der Waals surface area contributed by atoms with Crippen LogP contribution in [0.15, 0.2) is 0 Å². The van der Waals surface area contributed by atoms with Crippen LogP contribution in [-0.4, -0.2) is 37.5 Å². The molecule has 4 heteroatoms. The lowest BCUT2D eigenvalue weighted by molar-refractivity contribution is -0.143. The van der Waals surface area contributed by atoms with Crippen molar-refractivity contribution in [3.8, 4) is 0 Å². The van der Waals surface area contributed by atoms with Gasteiger partial charge in [-0.2, -0.15) is 0 Å². The van der Waals surface area contributed by atoms with Gasteiger partial charge in [0.05, 0.1) is 6.61 Å². The summed E-state index contributed by atoms with van der Waals surface area (Å²) >= 11 is 0. The van der Waals surface area contributed by atoms with Crippen LogP contribution in [0, 0.1) is 0 Å². The van der Waals surface area contributed by atoms with Crippen molar-refractivity contribution < 1.29 is 19.4 Å². The zero-order valence-electron chi connectivity index (χ0n) is 14.5. The fraction of sp³-hybridized carbons (Fsp3) is 0.944. The molecule has 0 aromatic rings. The summed E-state index contributed by atoms with van der Waals surface area (Å²) in [5.41, 5.74) is 0. The first-order valence-electron chi connectivity index (χ1n) is 9.15. The Morgan fingerprint density at radius 1 is 0.773 bits per heavy atom. The molecule has 0 saturated heterocycles. The number of hydrogen-bond donors (Lipinski definition) is 1. The molecule has 0 bridgehead atoms. The summed E-state index contributed by atoms with van der Waals surface area (Å²) in [4.78, 5) is 11.5. The van der Waals surface area contributed by atoms with Crippen LogP contribution in [0.2, 0.25) is 0 Å². The highest BCUT2D eigenvalue weighted by Crippen LogP contribution is 2.05. The molecule has 0 aliphatic carbocycles. The van der Waals surface area contributed by atoms with E-state index in [0.29, 0.717) is 19.6 Å². The van der Waals surface area contributed by atoms with E-state index in [1.165, 1.54) is 12.8 Å². The van der Waals surface area contributed by atoms with Crippen molar-refractivity contribution in [3.63, 3.8) is 0 Å². The van der Waals surface area contributed by atoms with Gasteiger partial charge in [-0.3, -0.25) is 4.79 Å². The molecule has 0 rings (SSSR count). The number of ether oxygens (including phenoxy) is 2. The number of aliphatic hydroxyl groups is 1. The standard InChI is InChI=1S/C18H36O4/c1-2-3-4-12-17-22-18(20)13-8-7-11-16-21-15-10-6-5-9-14-19/h19H,2-17H2,1H3. The third kappa shape index (κ3) is 17.4. The molecule has 22 heavy (non-hydrogen) atoms. The Labute approximate surface area is 136 Å². The summed E-state index contributed by atoms with van der Waals surface area (Å²) in [5, 5.41) is 8.65. The maximum absolute atomic E-state index is 11.5. The topological polar surface area (TPSA) is 55.8 Å². The fourth-order valence-electron chi connectivity index (χ4n) is 2.21. The van der Waals surface area contributed by atoms with E-state index < -0.39 is 0 Å². The Morgan fingerprint density at radius 3 is 2.05 bits per heavy atom. The molecule has 0 radical (unpaired) electrons. The number of carbonyl (C=O) groups is 1. The number of hydrogen-bond acceptors (Lipinski definition) is 4. The molecule has 1 N–H and O–H groups in total. The predicted octanol–water partition coefficient (Wildman–Crippen LogP) is 4.24. The van der Waals surface area contributed by atoms with Crippen LogP contribution in [-0.2, 0) is 14.3 Å². The minimum Gasteiger partial charge on any atom is -0.466 e. The Morgan fingerprint density at radius 2 is 1.36 bits per heavy atom. The Bertz CT molecular complexity index is 231. The van der Waals surface area contributed by atoms with Crippen LogP contribution in [0.25, 0.3) is 0 Å². The molecule has 0 amide bonds. The van der Waals surface area contributed by atoms with Gasteiger partial charge in [0, 0.05) is 26.2 Å². The SMILES string of the molecule is CCCCCCOC(=O)CCCCCOCCCCCCO. The molecule has 0 unspecified atom stereocenters.